The summed E-state index contributed by atoms with van der Waals surface area (Å²) in [7, 11) is 1.98. The Balaban J connectivity index is 1.83. The lowest BCUT2D eigenvalue weighted by Crippen LogP contribution is -2.15. The van der Waals surface area contributed by atoms with Crippen molar-refractivity contribution < 1.29 is 4.74 Å². The van der Waals surface area contributed by atoms with Gasteiger partial charge in [0.05, 0.1) is 0 Å². The fourth-order valence-corrected chi connectivity index (χ4v) is 2.84. The zero-order chi connectivity index (χ0) is 15.2. The average molecular weight is 294 g/mol. The van der Waals surface area contributed by atoms with E-state index in [0.717, 1.165) is 31.6 Å². The van der Waals surface area contributed by atoms with Crippen LogP contribution in [-0.2, 0) is 11.2 Å². The van der Waals surface area contributed by atoms with Gasteiger partial charge in [-0.1, -0.05) is 30.3 Å². The van der Waals surface area contributed by atoms with Crippen molar-refractivity contribution in [3.63, 3.8) is 0 Å². The van der Waals surface area contributed by atoms with Crippen molar-refractivity contribution in [2.75, 3.05) is 13.6 Å². The first-order valence-electron chi connectivity index (χ1n) is 7.88. The van der Waals surface area contributed by atoms with Crippen molar-refractivity contribution in [1.82, 2.24) is 10.3 Å². The van der Waals surface area contributed by atoms with E-state index in [1.54, 1.807) is 0 Å². The van der Waals surface area contributed by atoms with E-state index in [4.69, 9.17) is 4.74 Å². The van der Waals surface area contributed by atoms with Gasteiger partial charge in [-0.15, -0.1) is 0 Å². The molecule has 2 aromatic rings. The lowest BCUT2D eigenvalue weighted by Gasteiger charge is -2.24. The zero-order valence-electron chi connectivity index (χ0n) is 13.0. The van der Waals surface area contributed by atoms with E-state index in [0.29, 0.717) is 0 Å². The number of nitrogens with zero attached hydrogens (tertiary/aromatic N) is 1. The van der Waals surface area contributed by atoms with Crippen LogP contribution in [0.2, 0.25) is 0 Å². The molecule has 1 aliphatic rings. The van der Waals surface area contributed by atoms with E-state index >= 15 is 0 Å². The molecular weight excluding hydrogens is 272 g/mol. The molecule has 1 aromatic carbocycles. The van der Waals surface area contributed by atoms with Crippen LogP contribution in [0, 0.1) is 0 Å². The molecular formula is C19H22N2O. The standard InChI is InChI=1S/C19H22N2O/c1-20-12-11-18(15-6-3-2-4-7-15)22-19-9-5-8-16-14-21-13-10-17(16)19/h2-4,6-7,9-10,13-14,18,20H,5,8,11-12H2,1H3/t18-/m1/s1. The Labute approximate surface area is 132 Å². The van der Waals surface area contributed by atoms with Gasteiger partial charge in [0.15, 0.2) is 0 Å². The molecule has 1 heterocycles. The Morgan fingerprint density at radius 1 is 1.23 bits per heavy atom. The second kappa shape index (κ2) is 7.23. The number of aryl methyl sites for hydroxylation is 1. The van der Waals surface area contributed by atoms with Crippen LogP contribution < -0.4 is 5.32 Å². The quantitative estimate of drug-likeness (QED) is 0.881. The predicted octanol–water partition coefficient (Wildman–Crippen LogP) is 3.74. The van der Waals surface area contributed by atoms with Gasteiger partial charge in [-0.3, -0.25) is 4.98 Å². The molecule has 0 unspecified atom stereocenters. The minimum Gasteiger partial charge on any atom is -0.485 e. The summed E-state index contributed by atoms with van der Waals surface area (Å²) >= 11 is 0. The Morgan fingerprint density at radius 2 is 2.09 bits per heavy atom. The molecule has 0 saturated carbocycles. The fraction of sp³-hybridized carbons (Fsp3) is 0.316. The third kappa shape index (κ3) is 3.37. The third-order valence-corrected chi connectivity index (χ3v) is 4.01. The van der Waals surface area contributed by atoms with E-state index in [-0.39, 0.29) is 6.10 Å². The summed E-state index contributed by atoms with van der Waals surface area (Å²) in [5, 5.41) is 3.21. The highest BCUT2D eigenvalue weighted by Crippen LogP contribution is 2.32. The molecule has 3 rings (SSSR count). The number of rotatable bonds is 6. The summed E-state index contributed by atoms with van der Waals surface area (Å²) in [5.74, 6) is 0.994. The Bertz CT molecular complexity index is 637. The number of pyridine rings is 1. The topological polar surface area (TPSA) is 34.1 Å². The third-order valence-electron chi connectivity index (χ3n) is 4.01. The minimum absolute atomic E-state index is 0.0685. The normalized spacial score (nSPS) is 14.9. The highest BCUT2D eigenvalue weighted by atomic mass is 16.5. The van der Waals surface area contributed by atoms with Gasteiger partial charge in [0, 0.05) is 24.4 Å². The second-order valence-corrected chi connectivity index (χ2v) is 5.55. The molecule has 3 nitrogen and oxygen atoms in total. The van der Waals surface area contributed by atoms with Crippen LogP contribution in [0.3, 0.4) is 0 Å². The van der Waals surface area contributed by atoms with Gasteiger partial charge in [-0.25, -0.2) is 0 Å². The fourth-order valence-electron chi connectivity index (χ4n) is 2.84. The molecule has 1 atom stereocenters. The van der Waals surface area contributed by atoms with Crippen molar-refractivity contribution in [3.8, 4) is 0 Å². The monoisotopic (exact) mass is 294 g/mol. The number of benzene rings is 1. The number of ether oxygens (including phenoxy) is 1. The number of hydrogen-bond donors (Lipinski definition) is 1. The van der Waals surface area contributed by atoms with Gasteiger partial charge in [0.2, 0.25) is 0 Å². The highest BCUT2D eigenvalue weighted by Gasteiger charge is 2.19. The van der Waals surface area contributed by atoms with Crippen LogP contribution in [0.4, 0.5) is 0 Å². The summed E-state index contributed by atoms with van der Waals surface area (Å²) in [6, 6.07) is 12.5. The van der Waals surface area contributed by atoms with Crippen molar-refractivity contribution in [1.29, 1.82) is 0 Å². The molecule has 114 valence electrons. The lowest BCUT2D eigenvalue weighted by molar-refractivity contribution is 0.158. The van der Waals surface area contributed by atoms with Crippen LogP contribution in [0.1, 0.15) is 35.6 Å². The maximum atomic E-state index is 6.40. The van der Waals surface area contributed by atoms with E-state index in [2.05, 4.69) is 46.7 Å². The molecule has 3 heteroatoms. The van der Waals surface area contributed by atoms with Crippen LogP contribution in [0.25, 0.3) is 5.76 Å². The van der Waals surface area contributed by atoms with Crippen molar-refractivity contribution in [2.24, 2.45) is 0 Å². The zero-order valence-corrected chi connectivity index (χ0v) is 13.0. The van der Waals surface area contributed by atoms with Crippen LogP contribution in [0.5, 0.6) is 0 Å². The average Bonchev–Trinajstić information content (AvgIpc) is 2.59. The minimum atomic E-state index is 0.0685. The smallest absolute Gasteiger partial charge is 0.125 e. The SMILES string of the molecule is CNCC[C@@H](OC1=CCCc2cnccc21)c1ccccc1. The molecule has 1 N–H and O–H groups in total. The van der Waals surface area contributed by atoms with Crippen LogP contribution in [0.15, 0.2) is 54.9 Å². The largest absolute Gasteiger partial charge is 0.485 e. The Morgan fingerprint density at radius 3 is 2.91 bits per heavy atom. The maximum Gasteiger partial charge on any atom is 0.125 e. The maximum absolute atomic E-state index is 6.40. The van der Waals surface area contributed by atoms with E-state index in [1.807, 2.05) is 25.5 Å². The summed E-state index contributed by atoms with van der Waals surface area (Å²) in [6.45, 7) is 0.927. The van der Waals surface area contributed by atoms with E-state index in [9.17, 15) is 0 Å². The Hall–Kier alpha value is -2.13. The van der Waals surface area contributed by atoms with Gasteiger partial charge in [0.1, 0.15) is 11.9 Å². The van der Waals surface area contributed by atoms with Crippen molar-refractivity contribution >= 4 is 5.76 Å². The molecule has 0 radical (unpaired) electrons. The first-order chi connectivity index (χ1) is 10.9. The number of fused-ring (bicyclic) bond motifs is 1. The molecule has 0 saturated heterocycles. The van der Waals surface area contributed by atoms with Gasteiger partial charge >= 0.3 is 0 Å². The van der Waals surface area contributed by atoms with Gasteiger partial charge in [-0.2, -0.15) is 0 Å². The van der Waals surface area contributed by atoms with Crippen LogP contribution >= 0.6 is 0 Å². The van der Waals surface area contributed by atoms with E-state index in [1.165, 1.54) is 16.7 Å². The molecule has 1 aliphatic carbocycles. The van der Waals surface area contributed by atoms with Gasteiger partial charge < -0.3 is 10.1 Å². The first-order valence-corrected chi connectivity index (χ1v) is 7.88. The number of aromatic nitrogens is 1. The molecule has 1 aromatic heterocycles. The van der Waals surface area contributed by atoms with Crippen molar-refractivity contribution in [3.05, 3.63) is 71.6 Å². The van der Waals surface area contributed by atoms with Crippen molar-refractivity contribution in [2.45, 2.75) is 25.4 Å². The molecule has 0 fully saturated rings. The van der Waals surface area contributed by atoms with Crippen LogP contribution in [-0.4, -0.2) is 18.6 Å². The predicted molar refractivity (Wildman–Crippen MR) is 89.3 cm³/mol. The highest BCUT2D eigenvalue weighted by molar-refractivity contribution is 5.64. The number of nitrogens with one attached hydrogen (secondary N) is 1. The Kier molecular flexibility index (Phi) is 4.86. The molecule has 22 heavy (non-hydrogen) atoms. The molecule has 0 amide bonds. The van der Waals surface area contributed by atoms with E-state index < -0.39 is 0 Å². The first kappa shape index (κ1) is 14.8. The molecule has 0 aliphatic heterocycles. The second-order valence-electron chi connectivity index (χ2n) is 5.55. The van der Waals surface area contributed by atoms with Gasteiger partial charge in [-0.05, 0) is 49.7 Å². The number of hydrogen-bond acceptors (Lipinski definition) is 3. The number of allylic oxidation sites excluding steroid dienone is 1. The summed E-state index contributed by atoms with van der Waals surface area (Å²) in [6.07, 6.45) is 9.07. The summed E-state index contributed by atoms with van der Waals surface area (Å²) < 4.78 is 6.40. The summed E-state index contributed by atoms with van der Waals surface area (Å²) in [4.78, 5) is 4.23. The molecule has 0 spiro atoms. The molecule has 0 bridgehead atoms. The summed E-state index contributed by atoms with van der Waals surface area (Å²) in [5.41, 5.74) is 3.69. The lowest BCUT2D eigenvalue weighted by atomic mass is 9.97. The van der Waals surface area contributed by atoms with Gasteiger partial charge in [0.25, 0.3) is 0 Å².